The van der Waals surface area contributed by atoms with Crippen LogP contribution in [0.15, 0.2) is 55.1 Å². The van der Waals surface area contributed by atoms with Crippen molar-refractivity contribution in [2.75, 3.05) is 25.5 Å². The van der Waals surface area contributed by atoms with E-state index in [4.69, 9.17) is 9.47 Å². The first-order valence-electron chi connectivity index (χ1n) is 13.1. The van der Waals surface area contributed by atoms with E-state index in [2.05, 4.69) is 32.3 Å². The summed E-state index contributed by atoms with van der Waals surface area (Å²) in [7, 11) is 2.11. The average molecular weight is 533 g/mol. The van der Waals surface area contributed by atoms with Crippen molar-refractivity contribution < 1.29 is 18.7 Å². The summed E-state index contributed by atoms with van der Waals surface area (Å²) in [6.45, 7) is 8.04. The number of likely N-dealkylation sites (tertiary alicyclic amines) is 1. The van der Waals surface area contributed by atoms with Gasteiger partial charge in [0.1, 0.15) is 29.7 Å². The van der Waals surface area contributed by atoms with E-state index >= 15 is 0 Å². The Morgan fingerprint density at radius 1 is 1.10 bits per heavy atom. The molecule has 9 nitrogen and oxygen atoms in total. The Balaban J connectivity index is 1.26. The molecule has 1 N–H and O–H groups in total. The minimum Gasteiger partial charge on any atom is -0.490 e. The highest BCUT2D eigenvalue weighted by atomic mass is 19.1. The maximum absolute atomic E-state index is 14.9. The monoisotopic (exact) mass is 532 g/mol. The van der Waals surface area contributed by atoms with Crippen molar-refractivity contribution in [3.63, 3.8) is 0 Å². The standard InChI is InChI=1S/C29H33FN6O3/c1-29(2,3)36-17-20(16-33-36)34-27(37)13-19-5-6-23(15-25(19)30)39-28-24-14-22(7-8-26(24)31-18-32-28)38-21-9-11-35(4)12-10-21/h5-8,14-18,21H,9-13H2,1-4H3,(H,34,37). The lowest BCUT2D eigenvalue weighted by Gasteiger charge is -2.29. The van der Waals surface area contributed by atoms with E-state index in [9.17, 15) is 9.18 Å². The van der Waals surface area contributed by atoms with Gasteiger partial charge in [0.2, 0.25) is 11.8 Å². The molecule has 0 spiro atoms. The second-order valence-electron chi connectivity index (χ2n) is 10.9. The van der Waals surface area contributed by atoms with Gasteiger partial charge in [-0.3, -0.25) is 9.48 Å². The molecule has 1 amide bonds. The predicted octanol–water partition coefficient (Wildman–Crippen LogP) is 5.17. The quantitative estimate of drug-likeness (QED) is 0.351. The topological polar surface area (TPSA) is 94.4 Å². The normalized spacial score (nSPS) is 14.9. The largest absolute Gasteiger partial charge is 0.490 e. The summed E-state index contributed by atoms with van der Waals surface area (Å²) in [6.07, 6.45) is 6.70. The summed E-state index contributed by atoms with van der Waals surface area (Å²) in [5, 5.41) is 7.71. The number of rotatable bonds is 7. The van der Waals surface area contributed by atoms with Gasteiger partial charge < -0.3 is 19.7 Å². The van der Waals surface area contributed by atoms with Crippen LogP contribution in [-0.4, -0.2) is 56.8 Å². The number of hydrogen-bond donors (Lipinski definition) is 1. The second-order valence-corrected chi connectivity index (χ2v) is 10.9. The lowest BCUT2D eigenvalue weighted by Crippen LogP contribution is -2.35. The summed E-state index contributed by atoms with van der Waals surface area (Å²) in [5.74, 6) is 0.407. The molecule has 39 heavy (non-hydrogen) atoms. The molecule has 2 aromatic heterocycles. The average Bonchev–Trinajstić information content (AvgIpc) is 3.36. The number of ether oxygens (including phenoxy) is 2. The zero-order valence-corrected chi connectivity index (χ0v) is 22.6. The molecular weight excluding hydrogens is 499 g/mol. The van der Waals surface area contributed by atoms with E-state index in [1.807, 2.05) is 39.0 Å². The molecule has 1 saturated heterocycles. The molecule has 1 aliphatic heterocycles. The Morgan fingerprint density at radius 2 is 1.87 bits per heavy atom. The number of fused-ring (bicyclic) bond motifs is 1. The molecule has 10 heteroatoms. The van der Waals surface area contributed by atoms with Gasteiger partial charge in [0, 0.05) is 25.4 Å². The molecule has 3 heterocycles. The van der Waals surface area contributed by atoms with Crippen LogP contribution in [0.4, 0.5) is 10.1 Å². The first kappa shape index (κ1) is 26.6. The van der Waals surface area contributed by atoms with E-state index in [1.165, 1.54) is 12.4 Å². The third-order valence-corrected chi connectivity index (χ3v) is 6.68. The van der Waals surface area contributed by atoms with Crippen LogP contribution in [0.5, 0.6) is 17.4 Å². The van der Waals surface area contributed by atoms with Gasteiger partial charge in [0.15, 0.2) is 0 Å². The van der Waals surface area contributed by atoms with Crippen molar-refractivity contribution in [3.8, 4) is 17.4 Å². The van der Waals surface area contributed by atoms with Gasteiger partial charge in [-0.05, 0) is 70.5 Å². The van der Waals surface area contributed by atoms with Gasteiger partial charge >= 0.3 is 0 Å². The SMILES string of the molecule is CN1CCC(Oc2ccc3ncnc(Oc4ccc(CC(=O)Nc5cnn(C(C)(C)C)c5)c(F)c4)c3c2)CC1. The molecule has 1 aliphatic rings. The lowest BCUT2D eigenvalue weighted by atomic mass is 10.1. The van der Waals surface area contributed by atoms with Gasteiger partial charge in [-0.25, -0.2) is 14.4 Å². The highest BCUT2D eigenvalue weighted by Gasteiger charge is 2.19. The Labute approximate surface area is 227 Å². The number of aromatic nitrogens is 4. The number of carbonyl (C=O) groups excluding carboxylic acids is 1. The number of halogens is 1. The minimum atomic E-state index is -0.544. The number of carbonyl (C=O) groups is 1. The highest BCUT2D eigenvalue weighted by Crippen LogP contribution is 2.31. The van der Waals surface area contributed by atoms with E-state index in [0.29, 0.717) is 22.5 Å². The van der Waals surface area contributed by atoms with Gasteiger partial charge in [0.05, 0.1) is 34.7 Å². The zero-order chi connectivity index (χ0) is 27.6. The fraction of sp³-hybridized carbons (Fsp3) is 0.379. The Morgan fingerprint density at radius 3 is 2.59 bits per heavy atom. The van der Waals surface area contributed by atoms with Crippen LogP contribution >= 0.6 is 0 Å². The van der Waals surface area contributed by atoms with Crippen molar-refractivity contribution in [2.24, 2.45) is 0 Å². The smallest absolute Gasteiger partial charge is 0.230 e. The number of amides is 1. The van der Waals surface area contributed by atoms with Crippen molar-refractivity contribution in [3.05, 3.63) is 66.5 Å². The van der Waals surface area contributed by atoms with E-state index in [0.717, 1.165) is 31.7 Å². The van der Waals surface area contributed by atoms with E-state index in [-0.39, 0.29) is 35.3 Å². The third kappa shape index (κ3) is 6.51. The van der Waals surface area contributed by atoms with Crippen LogP contribution in [0, 0.1) is 5.82 Å². The van der Waals surface area contributed by atoms with Crippen LogP contribution in [-0.2, 0) is 16.8 Å². The summed E-state index contributed by atoms with van der Waals surface area (Å²) >= 11 is 0. The third-order valence-electron chi connectivity index (χ3n) is 6.68. The van der Waals surface area contributed by atoms with Crippen molar-refractivity contribution in [1.82, 2.24) is 24.6 Å². The first-order valence-corrected chi connectivity index (χ1v) is 13.1. The second kappa shape index (κ2) is 11.0. The van der Waals surface area contributed by atoms with Crippen LogP contribution < -0.4 is 14.8 Å². The Bertz CT molecular complexity index is 1470. The van der Waals surface area contributed by atoms with Crippen molar-refractivity contribution in [2.45, 2.75) is 51.7 Å². The summed E-state index contributed by atoms with van der Waals surface area (Å²) < 4.78 is 28.9. The van der Waals surface area contributed by atoms with E-state index in [1.54, 1.807) is 29.2 Å². The highest BCUT2D eigenvalue weighted by molar-refractivity contribution is 5.92. The fourth-order valence-corrected chi connectivity index (χ4v) is 4.44. The predicted molar refractivity (Wildman–Crippen MR) is 147 cm³/mol. The lowest BCUT2D eigenvalue weighted by molar-refractivity contribution is -0.115. The van der Waals surface area contributed by atoms with Gasteiger partial charge in [-0.1, -0.05) is 6.07 Å². The molecule has 0 bridgehead atoms. The molecule has 2 aromatic carbocycles. The van der Waals surface area contributed by atoms with Crippen molar-refractivity contribution in [1.29, 1.82) is 0 Å². The summed E-state index contributed by atoms with van der Waals surface area (Å²) in [5.41, 5.74) is 1.30. The van der Waals surface area contributed by atoms with Crippen molar-refractivity contribution >= 4 is 22.5 Å². The van der Waals surface area contributed by atoms with Gasteiger partial charge in [-0.15, -0.1) is 0 Å². The number of anilines is 1. The molecule has 0 saturated carbocycles. The fourth-order valence-electron chi connectivity index (χ4n) is 4.44. The molecule has 0 unspecified atom stereocenters. The van der Waals surface area contributed by atoms with Crippen LogP contribution in [0.1, 0.15) is 39.2 Å². The maximum atomic E-state index is 14.9. The summed E-state index contributed by atoms with van der Waals surface area (Å²) in [4.78, 5) is 23.4. The molecule has 1 fully saturated rings. The molecule has 0 radical (unpaired) electrons. The number of benzene rings is 2. The number of nitrogens with zero attached hydrogens (tertiary/aromatic N) is 5. The summed E-state index contributed by atoms with van der Waals surface area (Å²) in [6, 6.07) is 10.0. The Hall–Kier alpha value is -4.05. The van der Waals surface area contributed by atoms with Crippen LogP contribution in [0.3, 0.4) is 0 Å². The Kier molecular flexibility index (Phi) is 7.47. The molecule has 204 valence electrons. The van der Waals surface area contributed by atoms with Crippen LogP contribution in [0.2, 0.25) is 0 Å². The molecule has 0 atom stereocenters. The van der Waals surface area contributed by atoms with Gasteiger partial charge in [-0.2, -0.15) is 5.10 Å². The molecule has 5 rings (SSSR count). The number of piperidine rings is 1. The van der Waals surface area contributed by atoms with Crippen LogP contribution in [0.25, 0.3) is 10.9 Å². The van der Waals surface area contributed by atoms with Gasteiger partial charge in [0.25, 0.3) is 0 Å². The van der Waals surface area contributed by atoms with E-state index < -0.39 is 5.82 Å². The number of hydrogen-bond acceptors (Lipinski definition) is 7. The molecular formula is C29H33FN6O3. The number of nitrogens with one attached hydrogen (secondary N) is 1. The minimum absolute atomic E-state index is 0.124. The first-order chi connectivity index (χ1) is 18.6. The molecule has 4 aromatic rings. The zero-order valence-electron chi connectivity index (χ0n) is 22.6. The molecule has 0 aliphatic carbocycles. The maximum Gasteiger partial charge on any atom is 0.230 e.